The molecule has 0 radical (unpaired) electrons. The van der Waals surface area contributed by atoms with Crippen molar-refractivity contribution in [2.24, 2.45) is 5.41 Å². The number of nitro groups is 1. The van der Waals surface area contributed by atoms with Gasteiger partial charge in [0.15, 0.2) is 0 Å². The third-order valence-electron chi connectivity index (χ3n) is 2.99. The van der Waals surface area contributed by atoms with Gasteiger partial charge < -0.3 is 0 Å². The number of likely N-dealkylation sites (N-methyl/N-ethyl adjacent to an activating group) is 1. The molecule has 0 heterocycles. The van der Waals surface area contributed by atoms with Gasteiger partial charge in [0.2, 0.25) is 0 Å². The fourth-order valence-corrected chi connectivity index (χ4v) is 1.87. The second-order valence-corrected chi connectivity index (χ2v) is 6.53. The van der Waals surface area contributed by atoms with Crippen LogP contribution in [0.5, 0.6) is 0 Å². The summed E-state index contributed by atoms with van der Waals surface area (Å²) in [4.78, 5) is 12.5. The van der Waals surface area contributed by atoms with Gasteiger partial charge in [-0.1, -0.05) is 36.6 Å². The smallest absolute Gasteiger partial charge is 0.270 e. The van der Waals surface area contributed by atoms with Crippen LogP contribution in [0.15, 0.2) is 43.0 Å². The Kier molecular flexibility index (Phi) is 6.74. The Morgan fingerprint density at radius 3 is 2.74 bits per heavy atom. The molecule has 0 saturated carbocycles. The lowest BCUT2D eigenvalue weighted by Crippen LogP contribution is -2.20. The van der Waals surface area contributed by atoms with Gasteiger partial charge in [-0.3, -0.25) is 15.0 Å². The summed E-state index contributed by atoms with van der Waals surface area (Å²) >= 11 is 0. The number of nitro benzene ring substituents is 1. The number of benzene rings is 1. The fourth-order valence-electron chi connectivity index (χ4n) is 1.87. The first-order valence-corrected chi connectivity index (χ1v) is 7.48. The zero-order valence-electron chi connectivity index (χ0n) is 14.3. The molecule has 0 atom stereocenters. The Bertz CT molecular complexity index is 658. The van der Waals surface area contributed by atoms with Gasteiger partial charge in [0.05, 0.1) is 4.92 Å². The van der Waals surface area contributed by atoms with E-state index in [9.17, 15) is 10.1 Å². The van der Waals surface area contributed by atoms with E-state index in [0.717, 1.165) is 17.7 Å². The summed E-state index contributed by atoms with van der Waals surface area (Å²) in [6.45, 7) is 11.6. The van der Waals surface area contributed by atoms with Crippen LogP contribution in [0.4, 0.5) is 5.69 Å². The highest BCUT2D eigenvalue weighted by Gasteiger charge is 2.08. The molecule has 0 spiro atoms. The van der Waals surface area contributed by atoms with E-state index in [4.69, 9.17) is 0 Å². The third-order valence-corrected chi connectivity index (χ3v) is 2.99. The summed E-state index contributed by atoms with van der Waals surface area (Å²) in [5.41, 5.74) is 1.74. The number of non-ortho nitro benzene ring substituents is 1. The van der Waals surface area contributed by atoms with Crippen LogP contribution in [0.3, 0.4) is 0 Å². The van der Waals surface area contributed by atoms with E-state index in [1.165, 1.54) is 6.07 Å². The van der Waals surface area contributed by atoms with E-state index in [1.54, 1.807) is 12.1 Å². The molecule has 0 amide bonds. The minimum absolute atomic E-state index is 0.00650. The Labute approximate surface area is 138 Å². The summed E-state index contributed by atoms with van der Waals surface area (Å²) in [5.74, 6) is 6.17. The summed E-state index contributed by atoms with van der Waals surface area (Å²) < 4.78 is 0. The summed E-state index contributed by atoms with van der Waals surface area (Å²) in [7, 11) is 1.98. The molecule has 0 unspecified atom stereocenters. The zero-order valence-corrected chi connectivity index (χ0v) is 14.3. The van der Waals surface area contributed by atoms with Crippen molar-refractivity contribution in [2.45, 2.75) is 20.8 Å². The molecule has 1 rings (SSSR count). The Balaban J connectivity index is 2.57. The van der Waals surface area contributed by atoms with Crippen molar-refractivity contribution in [3.63, 3.8) is 0 Å². The van der Waals surface area contributed by atoms with Crippen LogP contribution >= 0.6 is 0 Å². The molecular formula is C19H24N2O2. The zero-order chi connectivity index (χ0) is 17.5. The molecule has 0 aliphatic carbocycles. The van der Waals surface area contributed by atoms with Crippen LogP contribution in [-0.2, 0) is 0 Å². The lowest BCUT2D eigenvalue weighted by molar-refractivity contribution is -0.384. The summed E-state index contributed by atoms with van der Waals surface area (Å²) in [5, 5.41) is 10.8. The third kappa shape index (κ3) is 7.44. The van der Waals surface area contributed by atoms with Crippen molar-refractivity contribution in [3.05, 3.63) is 58.7 Å². The van der Waals surface area contributed by atoms with Crippen molar-refractivity contribution in [2.75, 3.05) is 20.1 Å². The molecule has 23 heavy (non-hydrogen) atoms. The lowest BCUT2D eigenvalue weighted by atomic mass is 9.98. The van der Waals surface area contributed by atoms with Crippen molar-refractivity contribution in [1.29, 1.82) is 0 Å². The molecule has 0 aliphatic rings. The topological polar surface area (TPSA) is 46.4 Å². The first-order valence-electron chi connectivity index (χ1n) is 7.48. The van der Waals surface area contributed by atoms with Gasteiger partial charge in [0.1, 0.15) is 0 Å². The normalized spacial score (nSPS) is 11.3. The highest BCUT2D eigenvalue weighted by atomic mass is 16.6. The Hall–Kier alpha value is -2.38. The van der Waals surface area contributed by atoms with E-state index in [-0.39, 0.29) is 11.1 Å². The van der Waals surface area contributed by atoms with E-state index in [2.05, 4.69) is 44.1 Å². The predicted molar refractivity (Wildman–Crippen MR) is 96.0 cm³/mol. The quantitative estimate of drug-likeness (QED) is 0.450. The first kappa shape index (κ1) is 18.7. The molecule has 0 aliphatic heterocycles. The monoisotopic (exact) mass is 312 g/mol. The van der Waals surface area contributed by atoms with Gasteiger partial charge in [-0.05, 0) is 45.0 Å². The summed E-state index contributed by atoms with van der Waals surface area (Å²) in [6, 6.07) is 6.56. The minimum Gasteiger partial charge on any atom is -0.298 e. The standard InChI is InChI=1S/C19H24N2O2/c1-16(17-10-9-11-18(14-17)21(22)23)15-20(5)13-8-6-7-12-19(2,3)4/h6,8-11,14H,1,13,15H2,2-5H3. The van der Waals surface area contributed by atoms with Gasteiger partial charge >= 0.3 is 0 Å². The highest BCUT2D eigenvalue weighted by Crippen LogP contribution is 2.19. The van der Waals surface area contributed by atoms with Crippen molar-refractivity contribution in [3.8, 4) is 11.8 Å². The van der Waals surface area contributed by atoms with Gasteiger partial charge in [-0.2, -0.15) is 0 Å². The van der Waals surface area contributed by atoms with Crippen LogP contribution in [0.25, 0.3) is 5.57 Å². The average molecular weight is 312 g/mol. The fraction of sp³-hybridized carbons (Fsp3) is 0.368. The first-order chi connectivity index (χ1) is 10.7. The Morgan fingerprint density at radius 1 is 1.43 bits per heavy atom. The second kappa shape index (κ2) is 8.30. The van der Waals surface area contributed by atoms with Gasteiger partial charge in [0, 0.05) is 30.6 Å². The molecule has 1 aromatic carbocycles. The van der Waals surface area contributed by atoms with E-state index < -0.39 is 4.92 Å². The van der Waals surface area contributed by atoms with Crippen LogP contribution in [0.1, 0.15) is 26.3 Å². The maximum absolute atomic E-state index is 10.8. The Morgan fingerprint density at radius 2 is 2.13 bits per heavy atom. The molecule has 1 aromatic rings. The molecule has 0 saturated heterocycles. The van der Waals surface area contributed by atoms with Gasteiger partial charge in [-0.15, -0.1) is 0 Å². The van der Waals surface area contributed by atoms with E-state index >= 15 is 0 Å². The van der Waals surface area contributed by atoms with Crippen molar-refractivity contribution < 1.29 is 4.92 Å². The van der Waals surface area contributed by atoms with Crippen molar-refractivity contribution in [1.82, 2.24) is 4.90 Å². The number of hydrogen-bond donors (Lipinski definition) is 0. The molecule has 0 aromatic heterocycles. The second-order valence-electron chi connectivity index (χ2n) is 6.53. The van der Waals surface area contributed by atoms with Crippen LogP contribution in [0.2, 0.25) is 0 Å². The van der Waals surface area contributed by atoms with Crippen LogP contribution in [0, 0.1) is 27.4 Å². The average Bonchev–Trinajstić information content (AvgIpc) is 2.45. The summed E-state index contributed by atoms with van der Waals surface area (Å²) in [6.07, 6.45) is 3.86. The SMILES string of the molecule is C=C(CN(C)CC=CC#CC(C)(C)C)c1cccc([N+](=O)[O-])c1. The minimum atomic E-state index is -0.392. The maximum atomic E-state index is 10.8. The molecule has 0 N–H and O–H groups in total. The molecule has 122 valence electrons. The maximum Gasteiger partial charge on any atom is 0.270 e. The molecule has 0 bridgehead atoms. The van der Waals surface area contributed by atoms with Crippen molar-refractivity contribution >= 4 is 11.3 Å². The molecular weight excluding hydrogens is 288 g/mol. The predicted octanol–water partition coefficient (Wildman–Crippen LogP) is 4.15. The number of hydrogen-bond acceptors (Lipinski definition) is 3. The van der Waals surface area contributed by atoms with Crippen LogP contribution < -0.4 is 0 Å². The number of nitrogens with zero attached hydrogens (tertiary/aromatic N) is 2. The highest BCUT2D eigenvalue weighted by molar-refractivity contribution is 5.66. The van der Waals surface area contributed by atoms with E-state index in [0.29, 0.717) is 6.54 Å². The van der Waals surface area contributed by atoms with Crippen LogP contribution in [-0.4, -0.2) is 30.0 Å². The number of rotatable bonds is 6. The van der Waals surface area contributed by atoms with E-state index in [1.807, 2.05) is 25.3 Å². The largest absolute Gasteiger partial charge is 0.298 e. The molecule has 0 fully saturated rings. The lowest BCUT2D eigenvalue weighted by Gasteiger charge is -2.16. The molecule has 4 nitrogen and oxygen atoms in total. The van der Waals surface area contributed by atoms with Gasteiger partial charge in [-0.25, -0.2) is 0 Å². The number of allylic oxidation sites excluding steroid dienone is 1. The van der Waals surface area contributed by atoms with Gasteiger partial charge in [0.25, 0.3) is 5.69 Å². The molecule has 4 heteroatoms.